The second-order valence-corrected chi connectivity index (χ2v) is 5.55. The van der Waals surface area contributed by atoms with Gasteiger partial charge in [-0.1, -0.05) is 12.1 Å². The zero-order valence-electron chi connectivity index (χ0n) is 12.1. The first-order valence-corrected chi connectivity index (χ1v) is 7.22. The second-order valence-electron chi connectivity index (χ2n) is 5.55. The van der Waals surface area contributed by atoms with Crippen LogP contribution in [0, 0.1) is 13.8 Å². The van der Waals surface area contributed by atoms with Crippen LogP contribution in [0.4, 0.5) is 0 Å². The van der Waals surface area contributed by atoms with Gasteiger partial charge in [0.15, 0.2) is 0 Å². The van der Waals surface area contributed by atoms with Gasteiger partial charge in [-0.2, -0.15) is 0 Å². The summed E-state index contributed by atoms with van der Waals surface area (Å²) in [5.41, 5.74) is 2.44. The van der Waals surface area contributed by atoms with E-state index in [1.165, 1.54) is 24.0 Å². The van der Waals surface area contributed by atoms with E-state index in [0.29, 0.717) is 6.61 Å². The van der Waals surface area contributed by atoms with E-state index < -0.39 is 0 Å². The molecule has 2 aromatic rings. The minimum Gasteiger partial charge on any atom is -0.486 e. The highest BCUT2D eigenvalue weighted by molar-refractivity contribution is 5.28. The van der Waals surface area contributed by atoms with Crippen LogP contribution in [0.1, 0.15) is 35.5 Å². The fourth-order valence-corrected chi connectivity index (χ4v) is 2.24. The molecule has 1 N–H and O–H groups in total. The first-order chi connectivity index (χ1) is 9.70. The Kier molecular flexibility index (Phi) is 3.79. The number of hydrogen-bond acceptors (Lipinski definition) is 3. The molecule has 0 atom stereocenters. The Hall–Kier alpha value is -1.74. The van der Waals surface area contributed by atoms with E-state index in [1.54, 1.807) is 0 Å². The van der Waals surface area contributed by atoms with E-state index >= 15 is 0 Å². The van der Waals surface area contributed by atoms with Crippen LogP contribution in [-0.2, 0) is 13.2 Å². The maximum atomic E-state index is 5.76. The minimum absolute atomic E-state index is 0.480. The smallest absolute Gasteiger partial charge is 0.146 e. The Morgan fingerprint density at radius 3 is 2.85 bits per heavy atom. The Morgan fingerprint density at radius 1 is 1.25 bits per heavy atom. The Bertz CT molecular complexity index is 584. The van der Waals surface area contributed by atoms with E-state index in [1.807, 2.05) is 25.1 Å². The maximum Gasteiger partial charge on any atom is 0.146 e. The van der Waals surface area contributed by atoms with Gasteiger partial charge in [0, 0.05) is 18.2 Å². The first kappa shape index (κ1) is 13.3. The van der Waals surface area contributed by atoms with Crippen LogP contribution in [0.5, 0.6) is 5.75 Å². The first-order valence-electron chi connectivity index (χ1n) is 7.22. The molecule has 3 rings (SSSR count). The number of rotatable bonds is 6. The van der Waals surface area contributed by atoms with E-state index in [-0.39, 0.29) is 0 Å². The van der Waals surface area contributed by atoms with Gasteiger partial charge in [0.25, 0.3) is 0 Å². The van der Waals surface area contributed by atoms with Crippen molar-refractivity contribution >= 4 is 0 Å². The molecule has 0 bridgehead atoms. The summed E-state index contributed by atoms with van der Waals surface area (Å²) in [6, 6.07) is 10.9. The summed E-state index contributed by atoms with van der Waals surface area (Å²) < 4.78 is 11.5. The predicted molar refractivity (Wildman–Crippen MR) is 78.8 cm³/mol. The molecule has 0 spiro atoms. The molecule has 3 nitrogen and oxygen atoms in total. The highest BCUT2D eigenvalue weighted by Gasteiger charge is 2.20. The molecule has 1 fully saturated rings. The molecule has 0 radical (unpaired) electrons. The average Bonchev–Trinajstić information content (AvgIpc) is 3.18. The van der Waals surface area contributed by atoms with Crippen molar-refractivity contribution < 1.29 is 9.15 Å². The number of benzene rings is 1. The van der Waals surface area contributed by atoms with Crippen molar-refractivity contribution in [2.24, 2.45) is 0 Å². The quantitative estimate of drug-likeness (QED) is 0.869. The molecule has 1 aliphatic rings. The number of nitrogens with one attached hydrogen (secondary N) is 1. The normalized spacial score (nSPS) is 14.5. The van der Waals surface area contributed by atoms with Gasteiger partial charge >= 0.3 is 0 Å². The summed E-state index contributed by atoms with van der Waals surface area (Å²) in [6.45, 7) is 5.45. The van der Waals surface area contributed by atoms with E-state index in [4.69, 9.17) is 9.15 Å². The lowest BCUT2D eigenvalue weighted by atomic mass is 10.2. The largest absolute Gasteiger partial charge is 0.486 e. The second kappa shape index (κ2) is 5.71. The van der Waals surface area contributed by atoms with Crippen LogP contribution in [0.2, 0.25) is 0 Å². The molecule has 106 valence electrons. The van der Waals surface area contributed by atoms with Gasteiger partial charge in [0.1, 0.15) is 23.9 Å². The van der Waals surface area contributed by atoms with E-state index in [0.717, 1.165) is 29.9 Å². The molecular weight excluding hydrogens is 250 g/mol. The summed E-state index contributed by atoms with van der Waals surface area (Å²) >= 11 is 0. The Balaban J connectivity index is 1.58. The van der Waals surface area contributed by atoms with Crippen LogP contribution in [0.3, 0.4) is 0 Å². The van der Waals surface area contributed by atoms with Crippen LogP contribution in [-0.4, -0.2) is 6.04 Å². The molecule has 1 saturated carbocycles. The standard InChI is InChI=1S/C17H21NO2/c1-12-4-3-5-16(8-12)19-11-17-9-14(13(2)20-17)10-18-15-6-7-15/h3-5,8-9,15,18H,6-7,10-11H2,1-2H3. The summed E-state index contributed by atoms with van der Waals surface area (Å²) in [5.74, 6) is 2.76. The van der Waals surface area contributed by atoms with Crippen LogP contribution in [0.25, 0.3) is 0 Å². The highest BCUT2D eigenvalue weighted by atomic mass is 16.5. The van der Waals surface area contributed by atoms with E-state index in [9.17, 15) is 0 Å². The third-order valence-corrected chi connectivity index (χ3v) is 3.60. The molecule has 0 amide bonds. The van der Waals surface area contributed by atoms with Crippen molar-refractivity contribution in [2.75, 3.05) is 0 Å². The average molecular weight is 271 g/mol. The molecule has 0 saturated heterocycles. The lowest BCUT2D eigenvalue weighted by Crippen LogP contribution is -2.15. The molecular formula is C17H21NO2. The predicted octanol–water partition coefficient (Wildman–Crippen LogP) is 3.73. The van der Waals surface area contributed by atoms with Gasteiger partial charge < -0.3 is 14.5 Å². The summed E-state index contributed by atoms with van der Waals surface area (Å²) in [6.07, 6.45) is 2.61. The fraction of sp³-hybridized carbons (Fsp3) is 0.412. The van der Waals surface area contributed by atoms with Crippen LogP contribution < -0.4 is 10.1 Å². The number of hydrogen-bond donors (Lipinski definition) is 1. The summed E-state index contributed by atoms with van der Waals surface area (Å²) in [5, 5.41) is 3.51. The zero-order chi connectivity index (χ0) is 13.9. The minimum atomic E-state index is 0.480. The van der Waals surface area contributed by atoms with Gasteiger partial charge in [-0.05, 0) is 50.5 Å². The molecule has 0 unspecified atom stereocenters. The van der Waals surface area contributed by atoms with Crippen LogP contribution >= 0.6 is 0 Å². The van der Waals surface area contributed by atoms with Gasteiger partial charge in [-0.15, -0.1) is 0 Å². The van der Waals surface area contributed by atoms with Crippen molar-refractivity contribution in [3.63, 3.8) is 0 Å². The van der Waals surface area contributed by atoms with Crippen molar-refractivity contribution in [1.82, 2.24) is 5.32 Å². The van der Waals surface area contributed by atoms with Crippen molar-refractivity contribution in [3.05, 3.63) is 53.0 Å². The molecule has 1 aliphatic carbocycles. The van der Waals surface area contributed by atoms with Gasteiger partial charge in [0.2, 0.25) is 0 Å². The number of aryl methyl sites for hydroxylation is 2. The monoisotopic (exact) mass is 271 g/mol. The van der Waals surface area contributed by atoms with Gasteiger partial charge in [-0.3, -0.25) is 0 Å². The summed E-state index contributed by atoms with van der Waals surface area (Å²) in [4.78, 5) is 0. The lowest BCUT2D eigenvalue weighted by molar-refractivity contribution is 0.267. The van der Waals surface area contributed by atoms with Crippen molar-refractivity contribution in [1.29, 1.82) is 0 Å². The van der Waals surface area contributed by atoms with Crippen molar-refractivity contribution in [2.45, 2.75) is 45.9 Å². The Morgan fingerprint density at radius 2 is 2.10 bits per heavy atom. The van der Waals surface area contributed by atoms with Gasteiger partial charge in [0.05, 0.1) is 0 Å². The molecule has 0 aliphatic heterocycles. The molecule has 20 heavy (non-hydrogen) atoms. The zero-order valence-corrected chi connectivity index (χ0v) is 12.1. The Labute approximate surface area is 119 Å². The van der Waals surface area contributed by atoms with Crippen LogP contribution in [0.15, 0.2) is 34.7 Å². The third kappa shape index (κ3) is 3.42. The molecule has 1 aromatic heterocycles. The fourth-order valence-electron chi connectivity index (χ4n) is 2.24. The van der Waals surface area contributed by atoms with E-state index in [2.05, 4.69) is 24.4 Å². The third-order valence-electron chi connectivity index (χ3n) is 3.60. The number of ether oxygens (including phenoxy) is 1. The summed E-state index contributed by atoms with van der Waals surface area (Å²) in [7, 11) is 0. The SMILES string of the molecule is Cc1cccc(OCc2cc(CNC3CC3)c(C)o2)c1. The lowest BCUT2D eigenvalue weighted by Gasteiger charge is -2.04. The topological polar surface area (TPSA) is 34.4 Å². The molecule has 1 heterocycles. The maximum absolute atomic E-state index is 5.76. The van der Waals surface area contributed by atoms with Gasteiger partial charge in [-0.25, -0.2) is 0 Å². The highest BCUT2D eigenvalue weighted by Crippen LogP contribution is 2.22. The number of furan rings is 1. The molecule has 3 heteroatoms. The van der Waals surface area contributed by atoms with Crippen molar-refractivity contribution in [3.8, 4) is 5.75 Å². The molecule has 1 aromatic carbocycles.